The van der Waals surface area contributed by atoms with Gasteiger partial charge in [0.05, 0.1) is 31.9 Å². The summed E-state index contributed by atoms with van der Waals surface area (Å²) in [5.74, 6) is 0.759. The minimum absolute atomic E-state index is 0.0585. The first-order valence-electron chi connectivity index (χ1n) is 10.3. The van der Waals surface area contributed by atoms with Crippen LogP contribution in [0.4, 0.5) is 10.3 Å². The first kappa shape index (κ1) is 24.1. The van der Waals surface area contributed by atoms with Gasteiger partial charge in [-0.25, -0.2) is 27.8 Å². The molecule has 0 amide bonds. The highest BCUT2D eigenvalue weighted by Gasteiger charge is 2.29. The average Bonchev–Trinajstić information content (AvgIpc) is 3.45. The maximum Gasteiger partial charge on any atom is 0.243 e. The highest BCUT2D eigenvalue weighted by molar-refractivity contribution is 7.93. The summed E-state index contributed by atoms with van der Waals surface area (Å²) in [6.45, 7) is 3.14. The Hall–Kier alpha value is -4.07. The second-order valence-electron chi connectivity index (χ2n) is 7.42. The number of hydrogen-bond donors (Lipinski definition) is 1. The fraction of sp³-hybridized carbons (Fsp3) is 0.286. The van der Waals surface area contributed by atoms with Gasteiger partial charge in [0.25, 0.3) is 0 Å². The fourth-order valence-electron chi connectivity index (χ4n) is 3.29. The van der Waals surface area contributed by atoms with Crippen molar-refractivity contribution in [1.82, 2.24) is 29.7 Å². The van der Waals surface area contributed by atoms with Gasteiger partial charge in [-0.1, -0.05) is 6.07 Å². The summed E-state index contributed by atoms with van der Waals surface area (Å²) in [5.41, 5.74) is 0.673. The molecule has 0 aliphatic carbocycles. The average molecular weight is 504 g/mol. The number of hydrogen-bond acceptors (Lipinski definition) is 10. The van der Waals surface area contributed by atoms with Crippen molar-refractivity contribution in [3.8, 4) is 28.7 Å². The molecule has 0 radical (unpaired) electrons. The second kappa shape index (κ2) is 9.66. The molecule has 0 saturated carbocycles. The number of aromatic nitrogens is 6. The number of nitrogens with one attached hydrogen (secondary N) is 1. The Labute approximate surface area is 200 Å². The van der Waals surface area contributed by atoms with Crippen molar-refractivity contribution in [1.29, 1.82) is 0 Å². The highest BCUT2D eigenvalue weighted by atomic mass is 32.2. The predicted octanol–water partition coefficient (Wildman–Crippen LogP) is 2.55. The molecule has 4 aromatic rings. The van der Waals surface area contributed by atoms with E-state index in [0.717, 1.165) is 12.4 Å². The molecule has 0 bridgehead atoms. The molecular weight excluding hydrogens is 481 g/mol. The number of rotatable bonds is 9. The molecule has 0 aliphatic rings. The van der Waals surface area contributed by atoms with Crippen molar-refractivity contribution in [2.45, 2.75) is 25.5 Å². The molecule has 0 spiro atoms. The molecule has 0 saturated heterocycles. The molecule has 1 aromatic carbocycles. The van der Waals surface area contributed by atoms with Gasteiger partial charge in [0.1, 0.15) is 35.0 Å². The number of aryl methyl sites for hydroxylation is 1. The molecular formula is C21H22FN7O5S. The van der Waals surface area contributed by atoms with Crippen LogP contribution in [-0.2, 0) is 16.4 Å². The van der Waals surface area contributed by atoms with Gasteiger partial charge in [-0.15, -0.1) is 10.2 Å². The Morgan fingerprint density at radius 3 is 2.37 bits per heavy atom. The first-order chi connectivity index (χ1) is 16.7. The van der Waals surface area contributed by atoms with E-state index in [9.17, 15) is 12.8 Å². The lowest BCUT2D eigenvalue weighted by Gasteiger charge is -2.18. The van der Waals surface area contributed by atoms with Gasteiger partial charge in [0.15, 0.2) is 17.5 Å². The minimum Gasteiger partial charge on any atom is -0.494 e. The molecule has 12 nitrogen and oxygen atoms in total. The number of nitrogens with zero attached hydrogens (tertiary/aromatic N) is 6. The number of anilines is 1. The van der Waals surface area contributed by atoms with Crippen LogP contribution in [0.5, 0.6) is 11.5 Å². The SMILES string of the molecule is COc1cccc(OC)c1-n1c(NS(=O)(=O)[C@H](C)Cc2ncc(F)cn2)nnc1-c1coc(C)n1. The zero-order chi connectivity index (χ0) is 25.2. The molecule has 3 aromatic heterocycles. The van der Waals surface area contributed by atoms with Crippen molar-refractivity contribution < 1.29 is 26.7 Å². The number of halogens is 1. The number of sulfonamides is 1. The van der Waals surface area contributed by atoms with Crippen molar-refractivity contribution >= 4 is 16.0 Å². The van der Waals surface area contributed by atoms with Gasteiger partial charge in [-0.3, -0.25) is 9.29 Å². The van der Waals surface area contributed by atoms with Crippen LogP contribution in [0.1, 0.15) is 18.6 Å². The van der Waals surface area contributed by atoms with Crippen molar-refractivity contribution in [2.75, 3.05) is 18.9 Å². The summed E-state index contributed by atoms with van der Waals surface area (Å²) >= 11 is 0. The monoisotopic (exact) mass is 503 g/mol. The molecule has 1 N–H and O–H groups in total. The summed E-state index contributed by atoms with van der Waals surface area (Å²) in [5, 5.41) is 7.22. The molecule has 0 fully saturated rings. The van der Waals surface area contributed by atoms with Crippen LogP contribution >= 0.6 is 0 Å². The number of methoxy groups -OCH3 is 2. The lowest BCUT2D eigenvalue weighted by molar-refractivity contribution is 0.391. The topological polar surface area (TPSA) is 147 Å². The van der Waals surface area contributed by atoms with E-state index in [1.807, 2.05) is 0 Å². The van der Waals surface area contributed by atoms with Crippen molar-refractivity contribution in [2.24, 2.45) is 0 Å². The largest absolute Gasteiger partial charge is 0.494 e. The summed E-state index contributed by atoms with van der Waals surface area (Å²) in [6.07, 6.45) is 3.28. The minimum atomic E-state index is -4.03. The van der Waals surface area contributed by atoms with E-state index >= 15 is 0 Å². The number of oxazole rings is 1. The fourth-order valence-corrected chi connectivity index (χ4v) is 4.24. The van der Waals surface area contributed by atoms with Gasteiger partial charge in [0, 0.05) is 13.3 Å². The van der Waals surface area contributed by atoms with Gasteiger partial charge in [-0.05, 0) is 19.1 Å². The Balaban J connectivity index is 1.79. The quantitative estimate of drug-likeness (QED) is 0.361. The van der Waals surface area contributed by atoms with E-state index in [-0.39, 0.29) is 24.0 Å². The van der Waals surface area contributed by atoms with Gasteiger partial charge >= 0.3 is 0 Å². The number of benzene rings is 1. The Morgan fingerprint density at radius 1 is 1.14 bits per heavy atom. The lowest BCUT2D eigenvalue weighted by Crippen LogP contribution is -2.29. The smallest absolute Gasteiger partial charge is 0.243 e. The van der Waals surface area contributed by atoms with Gasteiger partial charge in [0.2, 0.25) is 16.0 Å². The standard InChI is InChI=1S/C21H22FN7O5S/c1-12(8-18-23-9-14(22)10-24-18)35(30,31)28-21-27-26-20(15-11-34-13(2)25-15)29(21)19-16(32-3)6-5-7-17(19)33-4/h5-7,9-12H,8H2,1-4H3,(H,27,28)/t12-/m1/s1. The third-order valence-electron chi connectivity index (χ3n) is 5.04. The third kappa shape index (κ3) is 4.91. The summed E-state index contributed by atoms with van der Waals surface area (Å²) in [6, 6.07) is 5.09. The Bertz CT molecular complexity index is 1410. The summed E-state index contributed by atoms with van der Waals surface area (Å²) in [7, 11) is -1.09. The third-order valence-corrected chi connectivity index (χ3v) is 6.74. The molecule has 3 heterocycles. The normalized spacial score (nSPS) is 12.4. The maximum absolute atomic E-state index is 13.2. The van der Waals surface area contributed by atoms with Crippen LogP contribution in [0.15, 0.2) is 41.3 Å². The highest BCUT2D eigenvalue weighted by Crippen LogP contribution is 2.37. The number of ether oxygens (including phenoxy) is 2. The lowest BCUT2D eigenvalue weighted by atomic mass is 10.2. The van der Waals surface area contributed by atoms with E-state index in [1.165, 1.54) is 32.0 Å². The van der Waals surface area contributed by atoms with E-state index in [4.69, 9.17) is 13.9 Å². The van der Waals surface area contributed by atoms with E-state index in [0.29, 0.717) is 28.8 Å². The van der Waals surface area contributed by atoms with Crippen LogP contribution in [0.25, 0.3) is 17.2 Å². The second-order valence-corrected chi connectivity index (χ2v) is 9.52. The molecule has 35 heavy (non-hydrogen) atoms. The molecule has 184 valence electrons. The van der Waals surface area contributed by atoms with Crippen molar-refractivity contribution in [3.05, 3.63) is 54.4 Å². The first-order valence-corrected chi connectivity index (χ1v) is 11.9. The zero-order valence-electron chi connectivity index (χ0n) is 19.3. The van der Waals surface area contributed by atoms with Crippen molar-refractivity contribution in [3.63, 3.8) is 0 Å². The summed E-state index contributed by atoms with van der Waals surface area (Å²) < 4.78 is 59.7. The zero-order valence-corrected chi connectivity index (χ0v) is 20.1. The summed E-state index contributed by atoms with van der Waals surface area (Å²) in [4.78, 5) is 12.0. The van der Waals surface area contributed by atoms with Crippen LogP contribution in [0.2, 0.25) is 0 Å². The van der Waals surface area contributed by atoms with Crippen LogP contribution in [0, 0.1) is 12.7 Å². The molecule has 0 aliphatic heterocycles. The van der Waals surface area contributed by atoms with E-state index < -0.39 is 21.1 Å². The Morgan fingerprint density at radius 2 is 1.80 bits per heavy atom. The van der Waals surface area contributed by atoms with E-state index in [2.05, 4.69) is 29.9 Å². The maximum atomic E-state index is 13.2. The van der Waals surface area contributed by atoms with Crippen LogP contribution in [-0.4, -0.2) is 57.6 Å². The Kier molecular flexibility index (Phi) is 6.64. The van der Waals surface area contributed by atoms with Gasteiger partial charge < -0.3 is 13.9 Å². The molecule has 14 heteroatoms. The van der Waals surface area contributed by atoms with E-state index in [1.54, 1.807) is 25.1 Å². The molecule has 1 atom stereocenters. The number of para-hydroxylation sites is 1. The van der Waals surface area contributed by atoms with Crippen LogP contribution in [0.3, 0.4) is 0 Å². The predicted molar refractivity (Wildman–Crippen MR) is 122 cm³/mol. The van der Waals surface area contributed by atoms with Gasteiger partial charge in [-0.2, -0.15) is 0 Å². The molecule has 4 rings (SSSR count). The molecule has 0 unspecified atom stereocenters. The van der Waals surface area contributed by atoms with Crippen LogP contribution < -0.4 is 14.2 Å².